The molecule has 0 amide bonds. The van der Waals surface area contributed by atoms with Crippen molar-refractivity contribution in [2.45, 2.75) is 31.6 Å². The predicted molar refractivity (Wildman–Crippen MR) is 53.4 cm³/mol. The highest BCUT2D eigenvalue weighted by molar-refractivity contribution is 6.14. The molecule has 0 aromatic rings. The number of carbonyl (C=O) groups excluding carboxylic acids is 1. The third kappa shape index (κ3) is 2.97. The molecule has 4 heteroatoms. The number of carbonyl (C=O) groups is 1. The lowest BCUT2D eigenvalue weighted by atomic mass is 10.2. The van der Waals surface area contributed by atoms with Gasteiger partial charge >= 0.3 is 5.97 Å². The molecule has 1 atom stereocenters. The van der Waals surface area contributed by atoms with Crippen LogP contribution in [-0.4, -0.2) is 28.2 Å². The van der Waals surface area contributed by atoms with E-state index < -0.39 is 5.41 Å². The van der Waals surface area contributed by atoms with E-state index in [0.29, 0.717) is 12.2 Å². The van der Waals surface area contributed by atoms with E-state index in [4.69, 9.17) is 9.47 Å². The van der Waals surface area contributed by atoms with Crippen LogP contribution in [0.2, 0.25) is 0 Å². The van der Waals surface area contributed by atoms with Gasteiger partial charge in [-0.2, -0.15) is 0 Å². The second-order valence-corrected chi connectivity index (χ2v) is 5.13. The van der Waals surface area contributed by atoms with Crippen molar-refractivity contribution in [3.05, 3.63) is 12.2 Å². The average molecular weight is 200 g/mol. The summed E-state index contributed by atoms with van der Waals surface area (Å²) in [6.07, 6.45) is 2.97. The molecule has 1 saturated heterocycles. The predicted octanol–water partition coefficient (Wildman–Crippen LogP) is 0.325. The fourth-order valence-corrected chi connectivity index (χ4v) is 2.02. The van der Waals surface area contributed by atoms with Gasteiger partial charge in [-0.3, -0.25) is 0 Å². The van der Waals surface area contributed by atoms with Gasteiger partial charge in [0.2, 0.25) is 0 Å². The molecule has 0 saturated carbocycles. The maximum absolute atomic E-state index is 11.2. The molecule has 0 aromatic carbocycles. The molecule has 3 nitrogen and oxygen atoms in total. The third-order valence-electron chi connectivity index (χ3n) is 2.09. The Kier molecular flexibility index (Phi) is 3.27. The second kappa shape index (κ2) is 4.06. The van der Waals surface area contributed by atoms with Crippen LogP contribution in [0.25, 0.3) is 0 Å². The van der Waals surface area contributed by atoms with Crippen LogP contribution < -0.4 is 0 Å². The summed E-state index contributed by atoms with van der Waals surface area (Å²) in [4.78, 5) is 11.2. The van der Waals surface area contributed by atoms with Gasteiger partial charge in [-0.1, -0.05) is 6.58 Å². The first-order valence-electron chi connectivity index (χ1n) is 4.56. The normalized spacial score (nSPS) is 28.4. The summed E-state index contributed by atoms with van der Waals surface area (Å²) in [7, 11) is 0.717. The van der Waals surface area contributed by atoms with E-state index in [0.717, 1.165) is 29.5 Å². The fraction of sp³-hybridized carbons (Fsp3) is 0.667. The Labute approximate surface area is 81.5 Å². The monoisotopic (exact) mass is 200 g/mol. The van der Waals surface area contributed by atoms with E-state index in [1.54, 1.807) is 6.92 Å². The molecule has 74 valence electrons. The highest BCUT2D eigenvalue weighted by Gasteiger charge is 2.31. The summed E-state index contributed by atoms with van der Waals surface area (Å²) >= 11 is 0. The van der Waals surface area contributed by atoms with E-state index in [-0.39, 0.29) is 5.97 Å². The van der Waals surface area contributed by atoms with E-state index in [1.165, 1.54) is 0 Å². The van der Waals surface area contributed by atoms with Crippen LogP contribution >= 0.6 is 0 Å². The molecular weight excluding hydrogens is 184 g/mol. The lowest BCUT2D eigenvalue weighted by Gasteiger charge is -2.33. The summed E-state index contributed by atoms with van der Waals surface area (Å²) in [6, 6.07) is 0. The van der Waals surface area contributed by atoms with Crippen molar-refractivity contribution in [1.29, 1.82) is 0 Å². The number of hydrogen-bond acceptors (Lipinski definition) is 3. The zero-order valence-corrected chi connectivity index (χ0v) is 10.3. The number of rotatable bonds is 2. The Morgan fingerprint density at radius 1 is 1.62 bits per heavy atom. The molecule has 1 rings (SSSR count). The van der Waals surface area contributed by atoms with Crippen LogP contribution in [0.4, 0.5) is 0 Å². The van der Waals surface area contributed by atoms with Crippen LogP contribution in [0.15, 0.2) is 12.2 Å². The van der Waals surface area contributed by atoms with Crippen LogP contribution in [0.5, 0.6) is 0 Å². The molecule has 13 heavy (non-hydrogen) atoms. The minimum atomic E-state index is -0.589. The molecule has 1 aliphatic heterocycles. The van der Waals surface area contributed by atoms with Crippen LogP contribution in [0.3, 0.4) is 0 Å². The van der Waals surface area contributed by atoms with Crippen molar-refractivity contribution in [1.82, 2.24) is 0 Å². The molecule has 1 aliphatic rings. The van der Waals surface area contributed by atoms with Crippen molar-refractivity contribution >= 4 is 16.2 Å². The summed E-state index contributed by atoms with van der Waals surface area (Å²) in [6.45, 7) is 5.89. The van der Waals surface area contributed by atoms with Gasteiger partial charge in [-0.05, 0) is 19.8 Å². The van der Waals surface area contributed by atoms with E-state index in [9.17, 15) is 4.79 Å². The third-order valence-corrected chi connectivity index (χ3v) is 3.08. The molecule has 0 radical (unpaired) electrons. The van der Waals surface area contributed by atoms with Crippen LogP contribution in [0, 0.1) is 0 Å². The van der Waals surface area contributed by atoms with Gasteiger partial charge in [0.15, 0.2) is 5.41 Å². The Hall–Kier alpha value is -0.613. The lowest BCUT2D eigenvalue weighted by Crippen LogP contribution is -2.41. The molecule has 0 spiro atoms. The van der Waals surface area contributed by atoms with Gasteiger partial charge in [0.05, 0.1) is 16.8 Å². The first-order chi connectivity index (χ1) is 6.03. The fourth-order valence-electron chi connectivity index (χ4n) is 1.27. The second-order valence-electron chi connectivity index (χ2n) is 3.61. The Morgan fingerprint density at radius 3 is 2.77 bits per heavy atom. The van der Waals surface area contributed by atoms with Gasteiger partial charge in [0.25, 0.3) is 0 Å². The minimum Gasteiger partial charge on any atom is -0.435 e. The van der Waals surface area contributed by atoms with E-state index in [1.807, 2.05) is 0 Å². The summed E-state index contributed by atoms with van der Waals surface area (Å²) in [5.74, 6) is -0.336. The topological polar surface area (TPSA) is 35.5 Å². The van der Waals surface area contributed by atoms with Gasteiger partial charge in [-0.25, -0.2) is 4.79 Å². The highest BCUT2D eigenvalue weighted by atomic mass is 28.1. The first kappa shape index (κ1) is 10.5. The van der Waals surface area contributed by atoms with Crippen molar-refractivity contribution in [3.8, 4) is 0 Å². The molecular formula is C9H16O3Si. The van der Waals surface area contributed by atoms with Crippen molar-refractivity contribution in [2.75, 3.05) is 6.61 Å². The summed E-state index contributed by atoms with van der Waals surface area (Å²) in [5, 5.41) is 0. The Bertz CT molecular complexity index is 219. The van der Waals surface area contributed by atoms with E-state index in [2.05, 4.69) is 6.58 Å². The number of esters is 1. The first-order valence-corrected chi connectivity index (χ1v) is 5.56. The lowest BCUT2D eigenvalue weighted by molar-refractivity contribution is -0.202. The van der Waals surface area contributed by atoms with Crippen molar-refractivity contribution in [3.63, 3.8) is 0 Å². The van der Waals surface area contributed by atoms with Crippen LogP contribution in [0.1, 0.15) is 26.2 Å². The molecule has 0 N–H and O–H groups in total. The van der Waals surface area contributed by atoms with Gasteiger partial charge in [0, 0.05) is 12.0 Å². The summed E-state index contributed by atoms with van der Waals surface area (Å²) < 4.78 is 10.7. The smallest absolute Gasteiger partial charge is 0.335 e. The zero-order chi connectivity index (χ0) is 9.90. The molecule has 1 fully saturated rings. The molecule has 0 aliphatic carbocycles. The minimum absolute atomic E-state index is 0.336. The Morgan fingerprint density at radius 2 is 2.31 bits per heavy atom. The zero-order valence-electron chi connectivity index (χ0n) is 8.26. The summed E-state index contributed by atoms with van der Waals surface area (Å²) in [5.41, 5.74) is -0.154. The number of hydrogen-bond donors (Lipinski definition) is 0. The molecule has 1 heterocycles. The molecule has 1 unspecified atom stereocenters. The van der Waals surface area contributed by atoms with Gasteiger partial charge < -0.3 is 9.47 Å². The molecule has 0 aromatic heterocycles. The highest BCUT2D eigenvalue weighted by Crippen LogP contribution is 2.23. The van der Waals surface area contributed by atoms with Crippen molar-refractivity contribution < 1.29 is 14.3 Å². The van der Waals surface area contributed by atoms with Gasteiger partial charge in [0.1, 0.15) is 0 Å². The standard InChI is InChI=1S/C9H16O3Si/c1-7(2)8(10)12-9(13)5-3-4-6-11-9/h1,3-6H2,2,13H3. The van der Waals surface area contributed by atoms with E-state index >= 15 is 0 Å². The SMILES string of the molecule is C=C(C)C(=O)OC1([SiH3])CCCCO1. The average Bonchev–Trinajstić information content (AvgIpc) is 2.04. The quantitative estimate of drug-likeness (QED) is 0.366. The number of ether oxygens (including phenoxy) is 2. The Balaban J connectivity index is 2.50. The van der Waals surface area contributed by atoms with Crippen LogP contribution in [-0.2, 0) is 14.3 Å². The van der Waals surface area contributed by atoms with Crippen molar-refractivity contribution in [2.24, 2.45) is 0 Å². The maximum atomic E-state index is 11.2. The van der Waals surface area contributed by atoms with Gasteiger partial charge in [-0.15, -0.1) is 0 Å². The maximum Gasteiger partial charge on any atom is 0.335 e. The molecule has 0 bridgehead atoms. The largest absolute Gasteiger partial charge is 0.435 e.